The molecular formula is C99H78BrF2N23O6S5. The van der Waals surface area contributed by atoms with E-state index < -0.39 is 11.6 Å². The number of amides is 5. The van der Waals surface area contributed by atoms with Crippen LogP contribution in [0.5, 0.6) is 0 Å². The highest BCUT2D eigenvalue weighted by Crippen LogP contribution is 2.39. The number of tetrazole rings is 1. The second kappa shape index (κ2) is 44.3. The van der Waals surface area contributed by atoms with Gasteiger partial charge in [0.05, 0.1) is 82.7 Å². The smallest absolute Gasteiger partial charge is 0.257 e. The number of pyridine rings is 2. The molecule has 0 saturated carbocycles. The molecule has 12 aromatic carbocycles. The van der Waals surface area contributed by atoms with Gasteiger partial charge in [0.25, 0.3) is 17.7 Å². The third-order valence-corrected chi connectivity index (χ3v) is 25.1. The Kier molecular flexibility index (Phi) is 29.8. The monoisotopic (exact) mass is 1960 g/mol. The number of morpholine rings is 1. The molecule has 9 heterocycles. The number of thiazole rings is 5. The number of carbonyl (C=O) groups excluding carboxylic acids is 5. The molecule has 0 atom stereocenters. The van der Waals surface area contributed by atoms with Gasteiger partial charge in [-0.15, -0.1) is 5.10 Å². The number of nitrogen functional groups attached to an aromatic ring is 1. The van der Waals surface area contributed by atoms with E-state index in [9.17, 15) is 32.8 Å². The molecule has 12 N–H and O–H groups in total. The van der Waals surface area contributed by atoms with Crippen LogP contribution in [-0.2, 0) is 27.3 Å². The fraction of sp³-hybridized carbons (Fsp3) is 0.0606. The van der Waals surface area contributed by atoms with Crippen LogP contribution in [0.25, 0.3) is 51.1 Å². The maximum absolute atomic E-state index is 13.3. The first kappa shape index (κ1) is 91.6. The molecule has 136 heavy (non-hydrogen) atoms. The van der Waals surface area contributed by atoms with Gasteiger partial charge in [0, 0.05) is 81.9 Å². The molecule has 20 aromatic rings. The van der Waals surface area contributed by atoms with E-state index in [0.717, 1.165) is 136 Å². The summed E-state index contributed by atoms with van der Waals surface area (Å²) in [6, 6.07) is 92.9. The number of nitrogens with zero attached hydrogens (tertiary/aromatic N) is 12. The first-order valence-electron chi connectivity index (χ1n) is 42.0. The Morgan fingerprint density at radius 3 is 1.12 bits per heavy atom. The van der Waals surface area contributed by atoms with Gasteiger partial charge >= 0.3 is 0 Å². The van der Waals surface area contributed by atoms with Crippen molar-refractivity contribution in [1.82, 2.24) is 55.1 Å². The zero-order valence-corrected chi connectivity index (χ0v) is 77.2. The van der Waals surface area contributed by atoms with Crippen molar-refractivity contribution < 1.29 is 37.5 Å². The minimum Gasteiger partial charge on any atom is -0.399 e. The Balaban J connectivity index is 0.000000118. The zero-order chi connectivity index (χ0) is 93.5. The summed E-state index contributed by atoms with van der Waals surface area (Å²) in [6.07, 6.45) is 6.04. The van der Waals surface area contributed by atoms with Crippen molar-refractivity contribution in [2.75, 3.05) is 90.1 Å². The molecule has 0 radical (unpaired) electrons. The Bertz CT molecular complexity index is 7370. The van der Waals surface area contributed by atoms with Crippen molar-refractivity contribution in [2.45, 2.75) is 13.0 Å². The number of hydrogen-bond donors (Lipinski definition) is 11. The van der Waals surface area contributed by atoms with Crippen molar-refractivity contribution in [3.05, 3.63) is 367 Å². The Labute approximate surface area is 803 Å². The minimum atomic E-state index is -0.707. The minimum absolute atomic E-state index is 0.0443. The van der Waals surface area contributed by atoms with Gasteiger partial charge in [0.2, 0.25) is 11.8 Å². The van der Waals surface area contributed by atoms with E-state index in [2.05, 4.69) is 124 Å². The van der Waals surface area contributed by atoms with Gasteiger partial charge in [-0.25, -0.2) is 43.4 Å². The molecule has 21 rings (SSSR count). The number of rotatable bonds is 23. The lowest BCUT2D eigenvalue weighted by Crippen LogP contribution is -2.36. The predicted molar refractivity (Wildman–Crippen MR) is 546 cm³/mol. The molecule has 1 aliphatic rings. The summed E-state index contributed by atoms with van der Waals surface area (Å²) in [5, 5.41) is 45.4. The van der Waals surface area contributed by atoms with Crippen LogP contribution in [0.3, 0.4) is 0 Å². The molecule has 0 aliphatic carbocycles. The lowest BCUT2D eigenvalue weighted by Gasteiger charge is -2.27. The van der Waals surface area contributed by atoms with E-state index in [0.29, 0.717) is 74.7 Å². The first-order chi connectivity index (χ1) is 66.5. The summed E-state index contributed by atoms with van der Waals surface area (Å²) in [4.78, 5) is 96.1. The number of carbonyl (C=O) groups is 5. The summed E-state index contributed by atoms with van der Waals surface area (Å²) < 4.78 is 39.0. The van der Waals surface area contributed by atoms with Crippen LogP contribution < -0.4 is 63.8 Å². The summed E-state index contributed by atoms with van der Waals surface area (Å²) in [5.74, 6) is -1.79. The molecule has 1 aliphatic heterocycles. The van der Waals surface area contributed by atoms with Crippen LogP contribution in [0.4, 0.5) is 103 Å². The number of benzene rings is 12. The van der Waals surface area contributed by atoms with Crippen LogP contribution in [0.2, 0.25) is 0 Å². The Morgan fingerprint density at radius 2 is 0.757 bits per heavy atom. The van der Waals surface area contributed by atoms with Gasteiger partial charge in [-0.2, -0.15) is 0 Å². The van der Waals surface area contributed by atoms with Crippen molar-refractivity contribution in [2.24, 2.45) is 0 Å². The first-order valence-corrected chi connectivity index (χ1v) is 46.9. The molecule has 1 saturated heterocycles. The third kappa shape index (κ3) is 24.7. The number of ether oxygens (including phenoxy) is 1. The lowest BCUT2D eigenvalue weighted by molar-refractivity contribution is -0.117. The van der Waals surface area contributed by atoms with E-state index in [1.807, 2.05) is 243 Å². The van der Waals surface area contributed by atoms with Crippen molar-refractivity contribution in [3.8, 4) is 0 Å². The fourth-order valence-electron chi connectivity index (χ4n) is 13.7. The van der Waals surface area contributed by atoms with Gasteiger partial charge in [-0.05, 0) is 202 Å². The third-order valence-electron chi connectivity index (χ3n) is 20.0. The second-order valence-corrected chi connectivity index (χ2v) is 35.8. The van der Waals surface area contributed by atoms with Gasteiger partial charge in [0.15, 0.2) is 25.7 Å². The van der Waals surface area contributed by atoms with E-state index >= 15 is 0 Å². The Hall–Kier alpha value is -16.3. The van der Waals surface area contributed by atoms with Gasteiger partial charge < -0.3 is 68.5 Å². The summed E-state index contributed by atoms with van der Waals surface area (Å²) in [6.45, 7) is 3.06. The van der Waals surface area contributed by atoms with Crippen LogP contribution in [-0.4, -0.2) is 111 Å². The number of nitrogens with two attached hydrogens (primary N) is 1. The van der Waals surface area contributed by atoms with Crippen LogP contribution in [0.1, 0.15) is 36.6 Å². The van der Waals surface area contributed by atoms with E-state index in [1.54, 1.807) is 66.2 Å². The van der Waals surface area contributed by atoms with Crippen LogP contribution >= 0.6 is 72.6 Å². The van der Waals surface area contributed by atoms with Crippen molar-refractivity contribution in [1.29, 1.82) is 0 Å². The molecule has 5 amide bonds. The maximum atomic E-state index is 13.3. The molecule has 676 valence electrons. The molecule has 1 fully saturated rings. The Morgan fingerprint density at radius 1 is 0.382 bits per heavy atom. The molecule has 37 heteroatoms. The average molecular weight is 1960 g/mol. The normalized spacial score (nSPS) is 11.4. The molecule has 0 spiro atoms. The lowest BCUT2D eigenvalue weighted by atomic mass is 10.1. The van der Waals surface area contributed by atoms with Gasteiger partial charge in [-0.1, -0.05) is 184 Å². The standard InChI is InChI=1S/C23H21N5O2S.C21H15F2N3OS.C20H16N4OS.C19H13BrN4OS.C16H13N7OS/c29-22(16-9-10-20(24-15-16)28-11-13-30-14-12-28)26-18-7-4-8-19-21(18)27-23(31-19)25-17-5-2-1-3-6-17;22-14-9-13(10-15(23)12-14)11-19(27)25-17-7-4-8-18-20(17)26-21(28-18)24-16-5-2-1-3-6-16;21-14-7-4-6-13(12-14)19(25)23-16-10-5-11-17-18(16)24-20(26-17)22-15-8-2-1-3-9-15;20-13-9-12(10-21-11-13)18(25)23-15-7-4-8-16-17(15)24-19(26-16)22-14-5-2-1-3-6-14;24-14(9-23-10-17-21-22-23)19-12-7-4-8-13-15(12)20-16(25-13)18-11-5-2-1-3-6-11/h1-10,15H,11-14H2,(H,25,27)(H,26,29);1-10,12H,11H2,(H,24,26)(H,25,27);1-12H,21H2,(H,22,24)(H,23,25);1-11H,(H,22,24)(H,23,25);1-8,10H,9H2,(H,18,20)(H,19,24). The van der Waals surface area contributed by atoms with Crippen LogP contribution in [0, 0.1) is 11.6 Å². The topological polar surface area (TPSA) is 378 Å². The SMILES string of the molecule is Nc1cccc(C(=O)Nc2cccc3sc(Nc4ccccc4)nc23)c1.O=C(Cc1cc(F)cc(F)c1)Nc1cccc2sc(Nc3ccccc3)nc12.O=C(Cn1cnnn1)Nc1cccc2sc(Nc3ccccc3)nc12.O=C(Nc1cccc2sc(Nc3ccccc3)nc12)c1ccc(N2CCOCC2)nc1.O=C(Nc1cccc2sc(Nc3ccccc3)nc12)c1cncc(Br)c1. The summed E-state index contributed by atoms with van der Waals surface area (Å²) in [7, 11) is 0. The number of aromatic nitrogens is 11. The van der Waals surface area contributed by atoms with Gasteiger partial charge in [0.1, 0.15) is 57.9 Å². The summed E-state index contributed by atoms with van der Waals surface area (Å²) >= 11 is 10.9. The largest absolute Gasteiger partial charge is 0.399 e. The molecule has 8 aromatic heterocycles. The maximum Gasteiger partial charge on any atom is 0.257 e. The predicted octanol–water partition coefficient (Wildman–Crippen LogP) is 23.0. The highest BCUT2D eigenvalue weighted by molar-refractivity contribution is 9.10. The highest BCUT2D eigenvalue weighted by atomic mass is 79.9. The van der Waals surface area contributed by atoms with E-state index in [1.165, 1.54) is 62.6 Å². The molecular weight excluding hydrogens is 1890 g/mol. The number of halogens is 3. The molecule has 0 bridgehead atoms. The number of anilines is 17. The highest BCUT2D eigenvalue weighted by Gasteiger charge is 2.21. The zero-order valence-electron chi connectivity index (χ0n) is 71.5. The van der Waals surface area contributed by atoms with E-state index in [-0.39, 0.29) is 48.1 Å². The summed E-state index contributed by atoms with van der Waals surface area (Å²) in [5.41, 5.74) is 19.8. The molecule has 0 unspecified atom stereocenters. The average Bonchev–Trinajstić information content (AvgIpc) is 1.68. The quantitative estimate of drug-likeness (QED) is 0.0265. The van der Waals surface area contributed by atoms with Gasteiger partial charge in [-0.3, -0.25) is 29.0 Å². The second-order valence-electron chi connectivity index (χ2n) is 29.8. The van der Waals surface area contributed by atoms with E-state index in [4.69, 9.17) is 10.5 Å². The number of para-hydroxylation sites is 10. The number of fused-ring (bicyclic) bond motifs is 5. The fourth-order valence-corrected chi connectivity index (χ4v) is 18.7. The molecule has 29 nitrogen and oxygen atoms in total. The van der Waals surface area contributed by atoms with Crippen molar-refractivity contribution >= 4 is 247 Å². The van der Waals surface area contributed by atoms with Crippen LogP contribution in [0.15, 0.2) is 333 Å². The number of hydrogen-bond acceptors (Lipinski definition) is 28. The van der Waals surface area contributed by atoms with Crippen molar-refractivity contribution in [3.63, 3.8) is 0 Å². The number of nitrogens with one attached hydrogen (secondary N) is 10.